The Kier molecular flexibility index (Phi) is 8.73. The van der Waals surface area contributed by atoms with Crippen LogP contribution in [0.1, 0.15) is 17.5 Å². The number of nitrogens with zero attached hydrogens (tertiary/aromatic N) is 2. The van der Waals surface area contributed by atoms with Gasteiger partial charge in [-0.25, -0.2) is 0 Å². The summed E-state index contributed by atoms with van der Waals surface area (Å²) >= 11 is 0. The van der Waals surface area contributed by atoms with Gasteiger partial charge in [0.15, 0.2) is 0 Å². The lowest BCUT2D eigenvalue weighted by molar-refractivity contribution is 0.168. The van der Waals surface area contributed by atoms with Crippen molar-refractivity contribution >= 4 is 24.8 Å². The molecule has 0 radical (unpaired) electrons. The maximum Gasteiger partial charge on any atom is 0.0136 e. The molecule has 22 heavy (non-hydrogen) atoms. The van der Waals surface area contributed by atoms with Crippen molar-refractivity contribution in [3.63, 3.8) is 0 Å². The highest BCUT2D eigenvalue weighted by atomic mass is 35.5. The number of benzene rings is 1. The molecule has 3 nitrogen and oxygen atoms in total. The monoisotopic (exact) mass is 345 g/mol. The Bertz CT molecular complexity index is 436. The van der Waals surface area contributed by atoms with E-state index in [-0.39, 0.29) is 24.8 Å². The van der Waals surface area contributed by atoms with E-state index in [2.05, 4.69) is 46.4 Å². The molecule has 0 amide bonds. The lowest BCUT2D eigenvalue weighted by Crippen LogP contribution is -2.47. The van der Waals surface area contributed by atoms with Gasteiger partial charge in [-0.1, -0.05) is 24.3 Å². The Hall–Kier alpha value is -0.320. The van der Waals surface area contributed by atoms with Crippen molar-refractivity contribution in [2.75, 3.05) is 46.3 Å². The minimum absolute atomic E-state index is 0. The van der Waals surface area contributed by atoms with Gasteiger partial charge in [0.05, 0.1) is 0 Å². The number of nitrogens with one attached hydrogen (secondary N) is 1. The molecule has 126 valence electrons. The standard InChI is InChI=1S/C17H27N3.2ClH/c1-19(12-13-20-10-8-18-9-11-20)17-7-6-15-4-2-3-5-16(15)14-17;;/h2-5,17-18H,6-14H2,1H3;2*1H. The summed E-state index contributed by atoms with van der Waals surface area (Å²) in [5, 5.41) is 3.42. The Labute approximate surface area is 147 Å². The zero-order valence-electron chi connectivity index (χ0n) is 13.5. The number of likely N-dealkylation sites (N-methyl/N-ethyl adjacent to an activating group) is 1. The second-order valence-electron chi connectivity index (χ2n) is 6.24. The minimum atomic E-state index is 0. The van der Waals surface area contributed by atoms with Crippen LogP contribution in [0.25, 0.3) is 0 Å². The summed E-state index contributed by atoms with van der Waals surface area (Å²) in [5.74, 6) is 0. The van der Waals surface area contributed by atoms with Gasteiger partial charge in [-0.3, -0.25) is 4.90 Å². The zero-order valence-corrected chi connectivity index (χ0v) is 15.1. The number of rotatable bonds is 4. The summed E-state index contributed by atoms with van der Waals surface area (Å²) in [6, 6.07) is 9.69. The Balaban J connectivity index is 0.00000121. The lowest BCUT2D eigenvalue weighted by Gasteiger charge is -2.35. The van der Waals surface area contributed by atoms with Crippen LogP contribution in [0.3, 0.4) is 0 Å². The topological polar surface area (TPSA) is 18.5 Å². The van der Waals surface area contributed by atoms with Crippen LogP contribution in [0.4, 0.5) is 0 Å². The van der Waals surface area contributed by atoms with E-state index in [0.29, 0.717) is 0 Å². The summed E-state index contributed by atoms with van der Waals surface area (Å²) in [5.41, 5.74) is 3.14. The summed E-state index contributed by atoms with van der Waals surface area (Å²) in [7, 11) is 2.31. The fourth-order valence-corrected chi connectivity index (χ4v) is 3.47. The number of aryl methyl sites for hydroxylation is 1. The smallest absolute Gasteiger partial charge is 0.0136 e. The van der Waals surface area contributed by atoms with Gasteiger partial charge in [-0.2, -0.15) is 0 Å². The van der Waals surface area contributed by atoms with Crippen LogP contribution in [0.5, 0.6) is 0 Å². The van der Waals surface area contributed by atoms with Crippen LogP contribution < -0.4 is 5.32 Å². The molecule has 1 aromatic rings. The van der Waals surface area contributed by atoms with Crippen LogP contribution in [0.15, 0.2) is 24.3 Å². The molecule has 5 heteroatoms. The molecule has 0 saturated carbocycles. The van der Waals surface area contributed by atoms with Gasteiger partial charge in [-0.15, -0.1) is 24.8 Å². The zero-order chi connectivity index (χ0) is 13.8. The molecule has 3 rings (SSSR count). The SMILES string of the molecule is CN(CCN1CCNCC1)C1CCc2ccccc2C1.Cl.Cl. The summed E-state index contributed by atoms with van der Waals surface area (Å²) in [4.78, 5) is 5.17. The van der Waals surface area contributed by atoms with Gasteiger partial charge in [0, 0.05) is 45.3 Å². The second kappa shape index (κ2) is 9.74. The van der Waals surface area contributed by atoms with Crippen LogP contribution in [0.2, 0.25) is 0 Å². The van der Waals surface area contributed by atoms with Crippen LogP contribution in [-0.2, 0) is 12.8 Å². The van der Waals surface area contributed by atoms with Gasteiger partial charge in [-0.05, 0) is 37.4 Å². The molecule has 1 aromatic carbocycles. The highest BCUT2D eigenvalue weighted by molar-refractivity contribution is 5.85. The van der Waals surface area contributed by atoms with Crippen molar-refractivity contribution in [3.05, 3.63) is 35.4 Å². The molecule has 1 aliphatic heterocycles. The number of hydrogen-bond donors (Lipinski definition) is 1. The molecule has 1 heterocycles. The third-order valence-corrected chi connectivity index (χ3v) is 4.92. The summed E-state index contributed by atoms with van der Waals surface area (Å²) in [6.45, 7) is 7.15. The molecule has 1 aliphatic carbocycles. The number of fused-ring (bicyclic) bond motifs is 1. The average Bonchev–Trinajstić information content (AvgIpc) is 2.53. The molecule has 1 N–H and O–H groups in total. The highest BCUT2D eigenvalue weighted by Gasteiger charge is 2.22. The molecule has 0 bridgehead atoms. The van der Waals surface area contributed by atoms with Crippen LogP contribution in [0, 0.1) is 0 Å². The molecule has 1 saturated heterocycles. The van der Waals surface area contributed by atoms with Crippen molar-refractivity contribution in [2.45, 2.75) is 25.3 Å². The van der Waals surface area contributed by atoms with E-state index in [4.69, 9.17) is 0 Å². The normalized spacial score (nSPS) is 21.6. The third kappa shape index (κ3) is 5.10. The number of hydrogen-bond acceptors (Lipinski definition) is 3. The molecule has 1 atom stereocenters. The lowest BCUT2D eigenvalue weighted by atomic mass is 9.88. The van der Waals surface area contributed by atoms with E-state index in [1.54, 1.807) is 11.1 Å². The van der Waals surface area contributed by atoms with E-state index >= 15 is 0 Å². The van der Waals surface area contributed by atoms with E-state index in [1.807, 2.05) is 0 Å². The molecular weight excluding hydrogens is 317 g/mol. The van der Waals surface area contributed by atoms with Crippen LogP contribution in [-0.4, -0.2) is 62.2 Å². The first-order valence-electron chi connectivity index (χ1n) is 8.03. The van der Waals surface area contributed by atoms with Crippen molar-refractivity contribution in [3.8, 4) is 0 Å². The van der Waals surface area contributed by atoms with E-state index < -0.39 is 0 Å². The molecule has 0 aromatic heterocycles. The Morgan fingerprint density at radius 3 is 2.55 bits per heavy atom. The second-order valence-corrected chi connectivity index (χ2v) is 6.24. The molecule has 0 spiro atoms. The first-order chi connectivity index (χ1) is 9.83. The first kappa shape index (κ1) is 19.7. The third-order valence-electron chi connectivity index (χ3n) is 4.92. The van der Waals surface area contributed by atoms with Crippen molar-refractivity contribution in [2.24, 2.45) is 0 Å². The van der Waals surface area contributed by atoms with Gasteiger partial charge in [0.25, 0.3) is 0 Å². The molecule has 1 fully saturated rings. The quantitative estimate of drug-likeness (QED) is 0.902. The van der Waals surface area contributed by atoms with Gasteiger partial charge in [0.1, 0.15) is 0 Å². The molecular formula is C17H29Cl2N3. The van der Waals surface area contributed by atoms with E-state index in [1.165, 1.54) is 45.4 Å². The Morgan fingerprint density at radius 1 is 1.14 bits per heavy atom. The maximum atomic E-state index is 3.42. The maximum absolute atomic E-state index is 3.42. The summed E-state index contributed by atoms with van der Waals surface area (Å²) in [6.07, 6.45) is 3.79. The predicted octanol–water partition coefficient (Wildman–Crippen LogP) is 2.22. The summed E-state index contributed by atoms with van der Waals surface area (Å²) < 4.78 is 0. The van der Waals surface area contributed by atoms with Crippen LogP contribution >= 0.6 is 24.8 Å². The fraction of sp³-hybridized carbons (Fsp3) is 0.647. The molecule has 1 unspecified atom stereocenters. The fourth-order valence-electron chi connectivity index (χ4n) is 3.47. The average molecular weight is 346 g/mol. The largest absolute Gasteiger partial charge is 0.314 e. The van der Waals surface area contributed by atoms with Gasteiger partial charge in [0.2, 0.25) is 0 Å². The molecule has 2 aliphatic rings. The van der Waals surface area contributed by atoms with Crippen molar-refractivity contribution in [1.29, 1.82) is 0 Å². The minimum Gasteiger partial charge on any atom is -0.314 e. The number of piperazine rings is 1. The Morgan fingerprint density at radius 2 is 1.82 bits per heavy atom. The van der Waals surface area contributed by atoms with Crippen molar-refractivity contribution in [1.82, 2.24) is 15.1 Å². The van der Waals surface area contributed by atoms with Gasteiger partial charge < -0.3 is 10.2 Å². The number of halogens is 2. The van der Waals surface area contributed by atoms with E-state index in [9.17, 15) is 0 Å². The first-order valence-corrected chi connectivity index (χ1v) is 8.03. The van der Waals surface area contributed by atoms with Crippen molar-refractivity contribution < 1.29 is 0 Å². The van der Waals surface area contributed by atoms with E-state index in [0.717, 1.165) is 19.1 Å². The predicted molar refractivity (Wildman–Crippen MR) is 98.7 cm³/mol. The van der Waals surface area contributed by atoms with Gasteiger partial charge >= 0.3 is 0 Å². The highest BCUT2D eigenvalue weighted by Crippen LogP contribution is 2.23.